The van der Waals surface area contributed by atoms with E-state index in [0.29, 0.717) is 25.7 Å². The number of carbonyl (C=O) groups is 2. The first kappa shape index (κ1) is 23.1. The summed E-state index contributed by atoms with van der Waals surface area (Å²) in [7, 11) is 1.80. The number of amides is 2. The fourth-order valence-corrected chi connectivity index (χ4v) is 6.47. The summed E-state index contributed by atoms with van der Waals surface area (Å²) >= 11 is 0. The summed E-state index contributed by atoms with van der Waals surface area (Å²) in [6.45, 7) is 9.52. The van der Waals surface area contributed by atoms with Crippen molar-refractivity contribution in [1.29, 1.82) is 0 Å². The normalized spacial score (nSPS) is 34.6. The number of hydrogen-bond acceptors (Lipinski definition) is 2. The molecule has 1 saturated heterocycles. The molecule has 0 radical (unpaired) electrons. The van der Waals surface area contributed by atoms with Crippen LogP contribution in [0.1, 0.15) is 66.7 Å². The molecule has 0 aromatic rings. The van der Waals surface area contributed by atoms with Crippen LogP contribution in [0.5, 0.6) is 0 Å². The van der Waals surface area contributed by atoms with Gasteiger partial charge in [-0.25, -0.2) is 0 Å². The Balaban J connectivity index is 2.05. The predicted octanol–water partition coefficient (Wildman–Crippen LogP) is 4.79. The van der Waals surface area contributed by atoms with Gasteiger partial charge in [-0.05, 0) is 59.3 Å². The van der Waals surface area contributed by atoms with E-state index in [1.54, 1.807) is 22.9 Å². The zero-order valence-electron chi connectivity index (χ0n) is 18.9. The van der Waals surface area contributed by atoms with Crippen molar-refractivity contribution in [3.63, 3.8) is 0 Å². The van der Waals surface area contributed by atoms with E-state index in [0.717, 1.165) is 5.57 Å². The Morgan fingerprint density at radius 3 is 2.33 bits per heavy atom. The Hall–Kier alpha value is -1.53. The number of nitrogens with zero attached hydrogens (tertiary/aromatic N) is 2. The number of alkyl halides is 3. The number of rotatable bonds is 3. The van der Waals surface area contributed by atoms with Gasteiger partial charge < -0.3 is 9.80 Å². The van der Waals surface area contributed by atoms with E-state index in [4.69, 9.17) is 0 Å². The summed E-state index contributed by atoms with van der Waals surface area (Å²) in [6.07, 6.45) is -0.626. The van der Waals surface area contributed by atoms with E-state index in [-0.39, 0.29) is 41.8 Å². The summed E-state index contributed by atoms with van der Waals surface area (Å²) in [5, 5.41) is 0. The standard InChI is InChI=1S/C23H35F3N2O2/c1-13(2)28(14(3)4)21(30)20-15-7-10-18-22(5,12-11-19(29)27(18)6)16(15)8-9-17(20)23(24,25)26/h8,13-15,17-18,20H,7,9-12H2,1-6H3/t15?,17?,18?,20?,22-/m1/s1. The lowest BCUT2D eigenvalue weighted by molar-refractivity contribution is -0.202. The van der Waals surface area contributed by atoms with E-state index in [2.05, 4.69) is 6.92 Å². The van der Waals surface area contributed by atoms with E-state index in [1.807, 2.05) is 27.7 Å². The second kappa shape index (κ2) is 7.86. The Morgan fingerprint density at radius 1 is 1.20 bits per heavy atom. The van der Waals surface area contributed by atoms with Gasteiger partial charge in [0.25, 0.3) is 0 Å². The van der Waals surface area contributed by atoms with Gasteiger partial charge in [0.05, 0.1) is 11.8 Å². The van der Waals surface area contributed by atoms with Gasteiger partial charge in [0.2, 0.25) is 11.8 Å². The molecule has 5 atom stereocenters. The Labute approximate surface area is 177 Å². The van der Waals surface area contributed by atoms with Crippen molar-refractivity contribution < 1.29 is 22.8 Å². The van der Waals surface area contributed by atoms with Gasteiger partial charge >= 0.3 is 6.18 Å². The number of fused-ring (bicyclic) bond motifs is 3. The molecule has 1 heterocycles. The molecule has 0 spiro atoms. The third kappa shape index (κ3) is 3.66. The number of hydrogen-bond donors (Lipinski definition) is 0. The maximum absolute atomic E-state index is 14.1. The van der Waals surface area contributed by atoms with Gasteiger partial charge in [-0.1, -0.05) is 18.6 Å². The highest BCUT2D eigenvalue weighted by molar-refractivity contribution is 5.81. The Morgan fingerprint density at radius 2 is 1.80 bits per heavy atom. The average molecular weight is 429 g/mol. The summed E-state index contributed by atoms with van der Waals surface area (Å²) in [6, 6.07) is -0.331. The molecule has 3 rings (SSSR count). The lowest BCUT2D eigenvalue weighted by Gasteiger charge is -2.56. The minimum absolute atomic E-state index is 0.00857. The van der Waals surface area contributed by atoms with Crippen LogP contribution in [0.3, 0.4) is 0 Å². The van der Waals surface area contributed by atoms with Gasteiger partial charge in [-0.2, -0.15) is 13.2 Å². The van der Waals surface area contributed by atoms with Crippen molar-refractivity contribution >= 4 is 11.8 Å². The largest absolute Gasteiger partial charge is 0.392 e. The van der Waals surface area contributed by atoms with Crippen molar-refractivity contribution in [2.24, 2.45) is 23.2 Å². The average Bonchev–Trinajstić information content (AvgIpc) is 2.62. The van der Waals surface area contributed by atoms with Gasteiger partial charge in [0.1, 0.15) is 0 Å². The third-order valence-corrected chi connectivity index (χ3v) is 7.80. The molecule has 2 fully saturated rings. The highest BCUT2D eigenvalue weighted by Crippen LogP contribution is 2.58. The van der Waals surface area contributed by atoms with Gasteiger partial charge in [-0.15, -0.1) is 0 Å². The predicted molar refractivity (Wildman–Crippen MR) is 109 cm³/mol. The van der Waals surface area contributed by atoms with Crippen molar-refractivity contribution in [1.82, 2.24) is 9.80 Å². The fraction of sp³-hybridized carbons (Fsp3) is 0.826. The molecule has 2 amide bonds. The highest BCUT2D eigenvalue weighted by atomic mass is 19.4. The molecule has 7 heteroatoms. The molecular weight excluding hydrogens is 393 g/mol. The lowest BCUT2D eigenvalue weighted by atomic mass is 9.54. The molecule has 1 aliphatic heterocycles. The first-order chi connectivity index (χ1) is 13.8. The highest BCUT2D eigenvalue weighted by Gasteiger charge is 2.59. The lowest BCUT2D eigenvalue weighted by Crippen LogP contribution is -2.59. The molecule has 2 aliphatic carbocycles. The van der Waals surface area contributed by atoms with Crippen molar-refractivity contribution in [3.05, 3.63) is 11.6 Å². The number of allylic oxidation sites excluding steroid dienone is 1. The molecule has 3 aliphatic rings. The summed E-state index contributed by atoms with van der Waals surface area (Å²) in [4.78, 5) is 29.3. The summed E-state index contributed by atoms with van der Waals surface area (Å²) in [5.74, 6) is -3.43. The van der Waals surface area contributed by atoms with Crippen molar-refractivity contribution in [2.75, 3.05) is 7.05 Å². The van der Waals surface area contributed by atoms with Gasteiger partial charge in [-0.3, -0.25) is 9.59 Å². The third-order valence-electron chi connectivity index (χ3n) is 7.80. The molecule has 0 aromatic carbocycles. The van der Waals surface area contributed by atoms with E-state index < -0.39 is 23.9 Å². The molecule has 170 valence electrons. The number of likely N-dealkylation sites (tertiary alicyclic amines) is 1. The molecule has 30 heavy (non-hydrogen) atoms. The quantitative estimate of drug-likeness (QED) is 0.606. The van der Waals surface area contributed by atoms with E-state index in [1.165, 1.54) is 0 Å². The van der Waals surface area contributed by atoms with Crippen LogP contribution >= 0.6 is 0 Å². The molecule has 0 N–H and O–H groups in total. The Kier molecular flexibility index (Phi) is 6.07. The van der Waals surface area contributed by atoms with Crippen molar-refractivity contribution in [3.8, 4) is 0 Å². The van der Waals surface area contributed by atoms with Crippen LogP contribution in [-0.2, 0) is 9.59 Å². The maximum Gasteiger partial charge on any atom is 0.392 e. The number of piperidine rings is 1. The SMILES string of the molecule is CC(C)N(C(=O)C1C2CCC3N(C)C(=O)CC[C@]3(C)C2=CCC1C(F)(F)F)C(C)C. The van der Waals surface area contributed by atoms with Crippen LogP contribution in [-0.4, -0.2) is 53.0 Å². The van der Waals surface area contributed by atoms with Crippen molar-refractivity contribution in [2.45, 2.75) is 91.0 Å². The minimum Gasteiger partial charge on any atom is -0.342 e. The maximum atomic E-state index is 14.1. The molecule has 1 saturated carbocycles. The van der Waals surface area contributed by atoms with Crippen LogP contribution in [0, 0.1) is 23.2 Å². The van der Waals surface area contributed by atoms with Gasteiger partial charge in [0.15, 0.2) is 0 Å². The van der Waals surface area contributed by atoms with Crippen LogP contribution in [0.25, 0.3) is 0 Å². The van der Waals surface area contributed by atoms with Crippen LogP contribution in [0.15, 0.2) is 11.6 Å². The van der Waals surface area contributed by atoms with Crippen LogP contribution in [0.2, 0.25) is 0 Å². The second-order valence-corrected chi connectivity index (χ2v) is 10.1. The monoisotopic (exact) mass is 428 g/mol. The number of halogens is 3. The summed E-state index contributed by atoms with van der Waals surface area (Å²) in [5.41, 5.74) is 0.616. The first-order valence-electron chi connectivity index (χ1n) is 11.2. The molecule has 4 unspecified atom stereocenters. The van der Waals surface area contributed by atoms with E-state index >= 15 is 0 Å². The zero-order chi connectivity index (χ0) is 22.6. The van der Waals surface area contributed by atoms with Gasteiger partial charge in [0, 0.05) is 37.0 Å². The number of carbonyl (C=O) groups excluding carboxylic acids is 2. The smallest absolute Gasteiger partial charge is 0.342 e. The first-order valence-corrected chi connectivity index (χ1v) is 11.2. The summed E-state index contributed by atoms with van der Waals surface area (Å²) < 4.78 is 42.2. The zero-order valence-corrected chi connectivity index (χ0v) is 18.9. The minimum atomic E-state index is -4.42. The molecule has 0 aromatic heterocycles. The van der Waals surface area contributed by atoms with Crippen LogP contribution in [0.4, 0.5) is 13.2 Å². The second-order valence-electron chi connectivity index (χ2n) is 10.1. The topological polar surface area (TPSA) is 40.6 Å². The molecule has 4 nitrogen and oxygen atoms in total. The van der Waals surface area contributed by atoms with E-state index in [9.17, 15) is 22.8 Å². The fourth-order valence-electron chi connectivity index (χ4n) is 6.47. The molecule has 0 bridgehead atoms. The molecular formula is C23H35F3N2O2. The Bertz CT molecular complexity index is 722. The van der Waals surface area contributed by atoms with Crippen LogP contribution < -0.4 is 0 Å².